The molecule has 20 heavy (non-hydrogen) atoms. The van der Waals surface area contributed by atoms with Crippen LogP contribution in [0.4, 0.5) is 0 Å². The molecule has 0 amide bonds. The van der Waals surface area contributed by atoms with E-state index >= 15 is 0 Å². The minimum atomic E-state index is 0.429. The average molecular weight is 350 g/mol. The maximum atomic E-state index is 6.31. The molecule has 0 aliphatic carbocycles. The second kappa shape index (κ2) is 7.64. The summed E-state index contributed by atoms with van der Waals surface area (Å²) in [6.07, 6.45) is 0.926. The monoisotopic (exact) mass is 349 g/mol. The molecule has 1 aliphatic rings. The van der Waals surface area contributed by atoms with Crippen molar-refractivity contribution in [1.29, 1.82) is 0 Å². The van der Waals surface area contributed by atoms with E-state index in [1.807, 2.05) is 19.2 Å². The van der Waals surface area contributed by atoms with Crippen molar-refractivity contribution in [2.75, 3.05) is 12.8 Å². The molecule has 1 heterocycles. The number of halogens is 2. The molecule has 1 aromatic carbocycles. The van der Waals surface area contributed by atoms with E-state index in [-0.39, 0.29) is 0 Å². The van der Waals surface area contributed by atoms with Gasteiger partial charge in [-0.1, -0.05) is 49.2 Å². The number of thioether (sulfide) groups is 2. The lowest BCUT2D eigenvalue weighted by atomic mass is 10.0. The molecule has 112 valence electrons. The van der Waals surface area contributed by atoms with Crippen LogP contribution in [0.2, 0.25) is 10.0 Å². The molecule has 1 N–H and O–H groups in total. The standard InChI is InChI=1S/C15H21Cl2NS2/c1-9-10(2)20-14(8-19-9)13(18-3)7-11-5-4-6-12(16)15(11)17/h4-6,9-10,13-14,18H,7-8H2,1-3H3. The molecular formula is C15H21Cl2NS2. The summed E-state index contributed by atoms with van der Waals surface area (Å²) in [5.41, 5.74) is 1.13. The number of hydrogen-bond donors (Lipinski definition) is 1. The highest BCUT2D eigenvalue weighted by atomic mass is 35.5. The van der Waals surface area contributed by atoms with Gasteiger partial charge in [0.1, 0.15) is 0 Å². The van der Waals surface area contributed by atoms with Crippen molar-refractivity contribution in [2.45, 2.75) is 42.1 Å². The first-order chi connectivity index (χ1) is 9.52. The van der Waals surface area contributed by atoms with Gasteiger partial charge >= 0.3 is 0 Å². The van der Waals surface area contributed by atoms with Crippen LogP contribution in [-0.4, -0.2) is 34.6 Å². The van der Waals surface area contributed by atoms with Gasteiger partial charge in [0.05, 0.1) is 10.0 Å². The first-order valence-electron chi connectivity index (χ1n) is 6.90. The molecule has 0 saturated carbocycles. The van der Waals surface area contributed by atoms with Crippen molar-refractivity contribution in [2.24, 2.45) is 0 Å². The van der Waals surface area contributed by atoms with Gasteiger partial charge < -0.3 is 5.32 Å². The van der Waals surface area contributed by atoms with Gasteiger partial charge in [-0.15, -0.1) is 0 Å². The molecule has 0 spiro atoms. The maximum Gasteiger partial charge on any atom is 0.0624 e. The van der Waals surface area contributed by atoms with Crippen LogP contribution < -0.4 is 5.32 Å². The van der Waals surface area contributed by atoms with Crippen molar-refractivity contribution >= 4 is 46.7 Å². The fourth-order valence-corrected chi connectivity index (χ4v) is 5.95. The fraction of sp³-hybridized carbons (Fsp3) is 0.600. The Morgan fingerprint density at radius 3 is 2.70 bits per heavy atom. The Kier molecular flexibility index (Phi) is 6.43. The predicted molar refractivity (Wildman–Crippen MR) is 95.8 cm³/mol. The average Bonchev–Trinajstić information content (AvgIpc) is 2.44. The van der Waals surface area contributed by atoms with Crippen molar-refractivity contribution in [3.8, 4) is 0 Å². The minimum absolute atomic E-state index is 0.429. The van der Waals surface area contributed by atoms with Crippen LogP contribution in [0.25, 0.3) is 0 Å². The van der Waals surface area contributed by atoms with Crippen LogP contribution in [0.5, 0.6) is 0 Å². The van der Waals surface area contributed by atoms with Crippen LogP contribution in [0.3, 0.4) is 0 Å². The number of benzene rings is 1. The third kappa shape index (κ3) is 4.01. The number of rotatable bonds is 4. The summed E-state index contributed by atoms with van der Waals surface area (Å²) in [5, 5.41) is 6.86. The smallest absolute Gasteiger partial charge is 0.0624 e. The highest BCUT2D eigenvalue weighted by Crippen LogP contribution is 2.38. The number of hydrogen-bond acceptors (Lipinski definition) is 3. The van der Waals surface area contributed by atoms with E-state index in [0.717, 1.165) is 17.2 Å². The molecule has 1 aliphatic heterocycles. The first-order valence-corrected chi connectivity index (χ1v) is 9.65. The lowest BCUT2D eigenvalue weighted by Crippen LogP contribution is -2.43. The Morgan fingerprint density at radius 2 is 2.05 bits per heavy atom. The molecule has 1 fully saturated rings. The first kappa shape index (κ1) is 16.8. The number of nitrogens with one attached hydrogen (secondary N) is 1. The zero-order valence-electron chi connectivity index (χ0n) is 12.0. The summed E-state index contributed by atoms with van der Waals surface area (Å²) in [6, 6.07) is 6.32. The highest BCUT2D eigenvalue weighted by Gasteiger charge is 2.31. The van der Waals surface area contributed by atoms with Crippen LogP contribution in [0.1, 0.15) is 19.4 Å². The largest absolute Gasteiger partial charge is 0.316 e. The Labute approximate surface area is 140 Å². The van der Waals surface area contributed by atoms with Crippen LogP contribution >= 0.6 is 46.7 Å². The Hall–Kier alpha value is 0.460. The van der Waals surface area contributed by atoms with Gasteiger partial charge in [-0.2, -0.15) is 23.5 Å². The van der Waals surface area contributed by atoms with E-state index in [0.29, 0.717) is 26.6 Å². The van der Waals surface area contributed by atoms with E-state index in [9.17, 15) is 0 Å². The van der Waals surface area contributed by atoms with Gasteiger partial charge in [0.25, 0.3) is 0 Å². The summed E-state index contributed by atoms with van der Waals surface area (Å²) in [7, 11) is 2.04. The molecular weight excluding hydrogens is 329 g/mol. The lowest BCUT2D eigenvalue weighted by molar-refractivity contribution is 0.554. The second-order valence-electron chi connectivity index (χ2n) is 5.23. The molecule has 1 saturated heterocycles. The van der Waals surface area contributed by atoms with Crippen molar-refractivity contribution in [1.82, 2.24) is 5.32 Å². The predicted octanol–water partition coefficient (Wildman–Crippen LogP) is 4.75. The van der Waals surface area contributed by atoms with Gasteiger partial charge in [0.15, 0.2) is 0 Å². The van der Waals surface area contributed by atoms with Crippen LogP contribution in [0, 0.1) is 0 Å². The molecule has 1 nitrogen and oxygen atoms in total. The maximum absolute atomic E-state index is 6.31. The van der Waals surface area contributed by atoms with Crippen molar-refractivity contribution in [3.63, 3.8) is 0 Å². The molecule has 4 unspecified atom stereocenters. The second-order valence-corrected chi connectivity index (χ2v) is 9.05. The number of likely N-dealkylation sites (N-methyl/N-ethyl adjacent to an activating group) is 1. The van der Waals surface area contributed by atoms with Gasteiger partial charge in [-0.25, -0.2) is 0 Å². The van der Waals surface area contributed by atoms with Crippen LogP contribution in [-0.2, 0) is 6.42 Å². The molecule has 0 bridgehead atoms. The van der Waals surface area contributed by atoms with E-state index in [1.165, 1.54) is 5.75 Å². The zero-order valence-corrected chi connectivity index (χ0v) is 15.2. The molecule has 5 heteroatoms. The summed E-state index contributed by atoms with van der Waals surface area (Å²) >= 11 is 16.6. The Morgan fingerprint density at radius 1 is 1.30 bits per heavy atom. The molecule has 4 atom stereocenters. The normalized spacial score (nSPS) is 28.4. The SMILES string of the molecule is CNC(Cc1cccc(Cl)c1Cl)C1CSC(C)C(C)S1. The summed E-state index contributed by atoms with van der Waals surface area (Å²) in [4.78, 5) is 0. The van der Waals surface area contributed by atoms with E-state index in [2.05, 4.69) is 48.8 Å². The van der Waals surface area contributed by atoms with Gasteiger partial charge in [-0.05, 0) is 25.1 Å². The lowest BCUT2D eigenvalue weighted by Gasteiger charge is -2.36. The van der Waals surface area contributed by atoms with Gasteiger partial charge in [-0.3, -0.25) is 0 Å². The fourth-order valence-electron chi connectivity index (χ4n) is 2.38. The third-order valence-electron chi connectivity index (χ3n) is 3.86. The van der Waals surface area contributed by atoms with E-state index in [4.69, 9.17) is 23.2 Å². The van der Waals surface area contributed by atoms with Crippen molar-refractivity contribution < 1.29 is 0 Å². The summed E-state index contributed by atoms with van der Waals surface area (Å²) < 4.78 is 0. The topological polar surface area (TPSA) is 12.0 Å². The summed E-state index contributed by atoms with van der Waals surface area (Å²) in [5.74, 6) is 1.19. The van der Waals surface area contributed by atoms with Crippen molar-refractivity contribution in [3.05, 3.63) is 33.8 Å². The molecule has 0 radical (unpaired) electrons. The minimum Gasteiger partial charge on any atom is -0.316 e. The Balaban J connectivity index is 2.07. The van der Waals surface area contributed by atoms with Gasteiger partial charge in [0, 0.05) is 27.5 Å². The summed E-state index contributed by atoms with van der Waals surface area (Å²) in [6.45, 7) is 4.65. The van der Waals surface area contributed by atoms with Crippen LogP contribution in [0.15, 0.2) is 18.2 Å². The molecule has 1 aromatic rings. The third-order valence-corrected chi connectivity index (χ3v) is 8.27. The van der Waals surface area contributed by atoms with E-state index in [1.54, 1.807) is 0 Å². The molecule has 0 aromatic heterocycles. The highest BCUT2D eigenvalue weighted by molar-refractivity contribution is 8.07. The van der Waals surface area contributed by atoms with E-state index < -0.39 is 0 Å². The zero-order chi connectivity index (χ0) is 14.7. The van der Waals surface area contributed by atoms with Gasteiger partial charge in [0.2, 0.25) is 0 Å². The Bertz CT molecular complexity index is 455. The molecule has 2 rings (SSSR count). The quantitative estimate of drug-likeness (QED) is 0.842.